The molecule has 1 aliphatic rings. The van der Waals surface area contributed by atoms with Gasteiger partial charge in [0, 0.05) is 18.7 Å². The Balaban J connectivity index is 2.10. The number of nitro benzene ring substituents is 1. The van der Waals surface area contributed by atoms with Gasteiger partial charge >= 0.3 is 5.69 Å². The molecule has 19 heavy (non-hydrogen) atoms. The second-order valence-corrected chi connectivity index (χ2v) is 4.47. The molecule has 7 nitrogen and oxygen atoms in total. The Morgan fingerprint density at radius 2 is 2.26 bits per heavy atom. The number of nitrogens with two attached hydrogens (primary N) is 1. The van der Waals surface area contributed by atoms with Crippen molar-refractivity contribution in [3.63, 3.8) is 0 Å². The number of hydrogen-bond acceptors (Lipinski definition) is 5. The number of ether oxygens (including phenoxy) is 1. The number of hydrogen-bond donors (Lipinski definition) is 2. The highest BCUT2D eigenvalue weighted by Crippen LogP contribution is 2.28. The van der Waals surface area contributed by atoms with Crippen molar-refractivity contribution in [1.82, 2.24) is 5.32 Å². The largest absolute Gasteiger partial charge is 0.477 e. The third-order valence-electron chi connectivity index (χ3n) is 2.76. The van der Waals surface area contributed by atoms with Crippen molar-refractivity contribution in [2.75, 3.05) is 6.61 Å². The summed E-state index contributed by atoms with van der Waals surface area (Å²) in [7, 11) is 0. The minimum atomic E-state index is -0.671. The van der Waals surface area contributed by atoms with Gasteiger partial charge in [-0.3, -0.25) is 14.9 Å². The highest BCUT2D eigenvalue weighted by atomic mass is 16.6. The van der Waals surface area contributed by atoms with Gasteiger partial charge in [0.1, 0.15) is 0 Å². The topological polar surface area (TPSA) is 107 Å². The molecule has 1 aliphatic carbocycles. The number of nitrogens with zero attached hydrogens (tertiary/aromatic N) is 1. The van der Waals surface area contributed by atoms with Gasteiger partial charge in [-0.05, 0) is 24.5 Å². The number of nitrogens with one attached hydrogen (secondary N) is 1. The zero-order valence-electron chi connectivity index (χ0n) is 10.3. The number of benzene rings is 1. The Labute approximate surface area is 109 Å². The number of primary amides is 1. The van der Waals surface area contributed by atoms with Crippen LogP contribution in [0.2, 0.25) is 0 Å². The van der Waals surface area contributed by atoms with Crippen molar-refractivity contribution < 1.29 is 14.5 Å². The number of nitro groups is 1. The normalized spacial score (nSPS) is 14.1. The van der Waals surface area contributed by atoms with Crippen LogP contribution in [0.3, 0.4) is 0 Å². The molecule has 0 radical (unpaired) electrons. The first-order valence-corrected chi connectivity index (χ1v) is 5.98. The summed E-state index contributed by atoms with van der Waals surface area (Å²) in [6.07, 6.45) is 2.33. The molecule has 0 bridgehead atoms. The van der Waals surface area contributed by atoms with E-state index in [4.69, 9.17) is 10.5 Å². The smallest absolute Gasteiger partial charge is 0.310 e. The first-order chi connectivity index (χ1) is 9.06. The lowest BCUT2D eigenvalue weighted by atomic mass is 10.2. The average Bonchev–Trinajstić information content (AvgIpc) is 3.17. The van der Waals surface area contributed by atoms with E-state index in [-0.39, 0.29) is 18.0 Å². The minimum Gasteiger partial charge on any atom is -0.477 e. The Bertz CT molecular complexity index is 500. The van der Waals surface area contributed by atoms with Gasteiger partial charge in [0.15, 0.2) is 12.4 Å². The maximum atomic E-state index is 10.8. The van der Waals surface area contributed by atoms with Crippen LogP contribution < -0.4 is 15.8 Å². The van der Waals surface area contributed by atoms with E-state index in [9.17, 15) is 14.9 Å². The third-order valence-corrected chi connectivity index (χ3v) is 2.76. The first-order valence-electron chi connectivity index (χ1n) is 5.98. The van der Waals surface area contributed by atoms with E-state index in [2.05, 4.69) is 5.32 Å². The highest BCUT2D eigenvalue weighted by Gasteiger charge is 2.21. The maximum Gasteiger partial charge on any atom is 0.310 e. The van der Waals surface area contributed by atoms with Crippen LogP contribution in [0.4, 0.5) is 5.69 Å². The van der Waals surface area contributed by atoms with Crippen molar-refractivity contribution in [2.45, 2.75) is 25.4 Å². The van der Waals surface area contributed by atoms with Gasteiger partial charge in [-0.15, -0.1) is 0 Å². The van der Waals surface area contributed by atoms with E-state index < -0.39 is 10.8 Å². The van der Waals surface area contributed by atoms with E-state index >= 15 is 0 Å². The van der Waals surface area contributed by atoms with Crippen molar-refractivity contribution >= 4 is 11.6 Å². The number of rotatable bonds is 7. The Morgan fingerprint density at radius 3 is 2.84 bits per heavy atom. The predicted molar refractivity (Wildman–Crippen MR) is 67.6 cm³/mol. The maximum absolute atomic E-state index is 10.8. The molecule has 1 amide bonds. The quantitative estimate of drug-likeness (QED) is 0.557. The molecule has 1 saturated carbocycles. The molecule has 7 heteroatoms. The summed E-state index contributed by atoms with van der Waals surface area (Å²) < 4.78 is 5.08. The SMILES string of the molecule is NC(=O)COc1cc(CNC2CC2)ccc1[N+](=O)[O-]. The summed E-state index contributed by atoms with van der Waals surface area (Å²) in [4.78, 5) is 21.0. The van der Waals surface area contributed by atoms with Gasteiger partial charge in [-0.1, -0.05) is 6.07 Å². The monoisotopic (exact) mass is 265 g/mol. The van der Waals surface area contributed by atoms with Gasteiger partial charge in [0.2, 0.25) is 0 Å². The second-order valence-electron chi connectivity index (χ2n) is 4.47. The molecule has 0 aromatic heterocycles. The summed E-state index contributed by atoms with van der Waals surface area (Å²) >= 11 is 0. The molecule has 1 aromatic rings. The second kappa shape index (κ2) is 5.66. The van der Waals surface area contributed by atoms with E-state index in [1.807, 2.05) is 0 Å². The number of carbonyl (C=O) groups excluding carboxylic acids is 1. The third kappa shape index (κ3) is 3.92. The lowest BCUT2D eigenvalue weighted by Crippen LogP contribution is -2.20. The van der Waals surface area contributed by atoms with Gasteiger partial charge in [0.05, 0.1) is 4.92 Å². The Kier molecular flexibility index (Phi) is 3.96. The van der Waals surface area contributed by atoms with Crippen LogP contribution in [0, 0.1) is 10.1 Å². The molecular formula is C12H15N3O4. The predicted octanol–water partition coefficient (Wildman–Crippen LogP) is 0.711. The lowest BCUT2D eigenvalue weighted by molar-refractivity contribution is -0.385. The summed E-state index contributed by atoms with van der Waals surface area (Å²) in [6.45, 7) is 0.246. The van der Waals surface area contributed by atoms with Crippen LogP contribution in [-0.2, 0) is 11.3 Å². The summed E-state index contributed by atoms with van der Waals surface area (Å²) in [5.41, 5.74) is 5.67. The zero-order chi connectivity index (χ0) is 13.8. The van der Waals surface area contributed by atoms with E-state index in [0.29, 0.717) is 12.6 Å². The minimum absolute atomic E-state index is 0.0684. The molecule has 0 saturated heterocycles. The van der Waals surface area contributed by atoms with E-state index in [0.717, 1.165) is 18.4 Å². The summed E-state index contributed by atoms with van der Waals surface area (Å²) in [6, 6.07) is 5.16. The van der Waals surface area contributed by atoms with Crippen LogP contribution in [0.15, 0.2) is 18.2 Å². The van der Waals surface area contributed by atoms with Gasteiger partial charge in [-0.2, -0.15) is 0 Å². The van der Waals surface area contributed by atoms with Crippen LogP contribution >= 0.6 is 0 Å². The molecule has 0 heterocycles. The Morgan fingerprint density at radius 1 is 1.53 bits per heavy atom. The van der Waals surface area contributed by atoms with Gasteiger partial charge in [0.25, 0.3) is 5.91 Å². The molecule has 0 atom stereocenters. The van der Waals surface area contributed by atoms with Crippen LogP contribution in [0.5, 0.6) is 5.75 Å². The molecule has 1 fully saturated rings. The molecule has 3 N–H and O–H groups in total. The van der Waals surface area contributed by atoms with E-state index in [1.54, 1.807) is 12.1 Å². The highest BCUT2D eigenvalue weighted by molar-refractivity contribution is 5.75. The number of carbonyl (C=O) groups is 1. The molecule has 0 aliphatic heterocycles. The molecule has 1 aromatic carbocycles. The molecule has 2 rings (SSSR count). The molecule has 0 unspecified atom stereocenters. The van der Waals surface area contributed by atoms with Crippen molar-refractivity contribution in [3.8, 4) is 5.75 Å². The fourth-order valence-electron chi connectivity index (χ4n) is 1.63. The fourth-order valence-corrected chi connectivity index (χ4v) is 1.63. The van der Waals surface area contributed by atoms with Gasteiger partial charge < -0.3 is 15.8 Å². The van der Waals surface area contributed by atoms with Crippen molar-refractivity contribution in [1.29, 1.82) is 0 Å². The van der Waals surface area contributed by atoms with Crippen LogP contribution in [0.25, 0.3) is 0 Å². The van der Waals surface area contributed by atoms with Crippen molar-refractivity contribution in [2.24, 2.45) is 5.73 Å². The van der Waals surface area contributed by atoms with Crippen LogP contribution in [-0.4, -0.2) is 23.5 Å². The fraction of sp³-hybridized carbons (Fsp3) is 0.417. The summed E-state index contributed by atoms with van der Waals surface area (Å²) in [5.74, 6) is -0.602. The number of amides is 1. The summed E-state index contributed by atoms with van der Waals surface area (Å²) in [5, 5.41) is 14.1. The molecule has 102 valence electrons. The zero-order valence-corrected chi connectivity index (χ0v) is 10.3. The average molecular weight is 265 g/mol. The lowest BCUT2D eigenvalue weighted by Gasteiger charge is -2.08. The van der Waals surface area contributed by atoms with Crippen LogP contribution in [0.1, 0.15) is 18.4 Å². The standard InChI is InChI=1S/C12H15N3O4/c13-12(16)7-19-11-5-8(6-14-9-2-3-9)1-4-10(11)15(17)18/h1,4-5,9,14H,2-3,6-7H2,(H2,13,16). The molecule has 0 spiro atoms. The molecular weight excluding hydrogens is 250 g/mol. The van der Waals surface area contributed by atoms with E-state index in [1.165, 1.54) is 6.07 Å². The Hall–Kier alpha value is -2.15. The van der Waals surface area contributed by atoms with Gasteiger partial charge in [-0.25, -0.2) is 0 Å². The first kappa shape index (κ1) is 13.3. The van der Waals surface area contributed by atoms with Crippen molar-refractivity contribution in [3.05, 3.63) is 33.9 Å².